The van der Waals surface area contributed by atoms with Gasteiger partial charge in [-0.25, -0.2) is 0 Å². The van der Waals surface area contributed by atoms with Gasteiger partial charge in [-0.15, -0.1) is 0 Å². The highest BCUT2D eigenvalue weighted by molar-refractivity contribution is 5.73. The molecule has 80 valence electrons. The van der Waals surface area contributed by atoms with Crippen molar-refractivity contribution in [3.05, 3.63) is 47.5 Å². The Hall–Kier alpha value is -2.16. The van der Waals surface area contributed by atoms with Gasteiger partial charge in [0.15, 0.2) is 0 Å². The van der Waals surface area contributed by atoms with Gasteiger partial charge < -0.3 is 16.2 Å². The van der Waals surface area contributed by atoms with E-state index in [0.717, 1.165) is 29.0 Å². The summed E-state index contributed by atoms with van der Waals surface area (Å²) in [6.45, 7) is 0. The van der Waals surface area contributed by atoms with Gasteiger partial charge in [0.2, 0.25) is 0 Å². The minimum Gasteiger partial charge on any atom is -0.457 e. The van der Waals surface area contributed by atoms with Crippen molar-refractivity contribution >= 4 is 11.4 Å². The first-order valence-electron chi connectivity index (χ1n) is 5.18. The first-order valence-corrected chi connectivity index (χ1v) is 5.18. The summed E-state index contributed by atoms with van der Waals surface area (Å²) >= 11 is 0. The SMILES string of the molecule is Nc1ccc2c(c1N)Cc1ccccc1O2. The Balaban J connectivity index is 2.16. The summed E-state index contributed by atoms with van der Waals surface area (Å²) in [6.07, 6.45) is 0.780. The zero-order valence-corrected chi connectivity index (χ0v) is 8.73. The predicted octanol–water partition coefficient (Wildman–Crippen LogP) is 2.55. The zero-order valence-electron chi connectivity index (χ0n) is 8.73. The van der Waals surface area contributed by atoms with E-state index >= 15 is 0 Å². The van der Waals surface area contributed by atoms with Crippen molar-refractivity contribution in [3.8, 4) is 11.5 Å². The molecule has 2 aromatic rings. The van der Waals surface area contributed by atoms with Crippen molar-refractivity contribution in [2.24, 2.45) is 0 Å². The Labute approximate surface area is 93.6 Å². The molecule has 2 aromatic carbocycles. The smallest absolute Gasteiger partial charge is 0.133 e. The summed E-state index contributed by atoms with van der Waals surface area (Å²) in [5, 5.41) is 0. The fourth-order valence-corrected chi connectivity index (χ4v) is 2.00. The summed E-state index contributed by atoms with van der Waals surface area (Å²) in [5.41, 5.74) is 15.1. The lowest BCUT2D eigenvalue weighted by Gasteiger charge is -2.21. The third-order valence-corrected chi connectivity index (χ3v) is 2.91. The van der Waals surface area contributed by atoms with E-state index in [4.69, 9.17) is 16.2 Å². The maximum Gasteiger partial charge on any atom is 0.133 e. The molecule has 3 nitrogen and oxygen atoms in total. The molecule has 0 bridgehead atoms. The molecule has 0 radical (unpaired) electrons. The average Bonchev–Trinajstić information content (AvgIpc) is 2.32. The van der Waals surface area contributed by atoms with Crippen LogP contribution in [0.3, 0.4) is 0 Å². The number of benzene rings is 2. The van der Waals surface area contributed by atoms with Crippen LogP contribution in [0.1, 0.15) is 11.1 Å². The number of fused-ring (bicyclic) bond motifs is 2. The minimum atomic E-state index is 0.613. The maximum atomic E-state index is 5.96. The van der Waals surface area contributed by atoms with Gasteiger partial charge in [-0.1, -0.05) is 18.2 Å². The number of rotatable bonds is 0. The van der Waals surface area contributed by atoms with Crippen LogP contribution in [-0.4, -0.2) is 0 Å². The normalized spacial score (nSPS) is 12.5. The fourth-order valence-electron chi connectivity index (χ4n) is 2.00. The van der Waals surface area contributed by atoms with Crippen LogP contribution in [0, 0.1) is 0 Å². The number of hydrogen-bond acceptors (Lipinski definition) is 3. The third kappa shape index (κ3) is 1.21. The lowest BCUT2D eigenvalue weighted by molar-refractivity contribution is 0.461. The van der Waals surface area contributed by atoms with Crippen molar-refractivity contribution in [2.45, 2.75) is 6.42 Å². The zero-order chi connectivity index (χ0) is 11.1. The van der Waals surface area contributed by atoms with Crippen molar-refractivity contribution in [2.75, 3.05) is 11.5 Å². The minimum absolute atomic E-state index is 0.613. The summed E-state index contributed by atoms with van der Waals surface area (Å²) in [5.74, 6) is 1.71. The number of nitrogens with two attached hydrogens (primary N) is 2. The van der Waals surface area contributed by atoms with E-state index in [1.807, 2.05) is 30.3 Å². The Morgan fingerprint density at radius 3 is 2.62 bits per heavy atom. The molecular weight excluding hydrogens is 200 g/mol. The van der Waals surface area contributed by atoms with E-state index in [1.54, 1.807) is 6.07 Å². The quantitative estimate of drug-likeness (QED) is 0.563. The number of ether oxygens (including phenoxy) is 1. The van der Waals surface area contributed by atoms with Gasteiger partial charge in [-0.05, 0) is 23.8 Å². The lowest BCUT2D eigenvalue weighted by Crippen LogP contribution is -2.07. The largest absolute Gasteiger partial charge is 0.457 e. The molecule has 0 saturated heterocycles. The maximum absolute atomic E-state index is 5.96. The Morgan fingerprint density at radius 2 is 1.75 bits per heavy atom. The van der Waals surface area contributed by atoms with E-state index in [9.17, 15) is 0 Å². The highest BCUT2D eigenvalue weighted by Gasteiger charge is 2.19. The summed E-state index contributed by atoms with van der Waals surface area (Å²) in [6, 6.07) is 11.6. The first-order chi connectivity index (χ1) is 7.75. The van der Waals surface area contributed by atoms with Crippen LogP contribution >= 0.6 is 0 Å². The van der Waals surface area contributed by atoms with Crippen LogP contribution < -0.4 is 16.2 Å². The van der Waals surface area contributed by atoms with Gasteiger partial charge in [0.25, 0.3) is 0 Å². The van der Waals surface area contributed by atoms with Gasteiger partial charge in [-0.3, -0.25) is 0 Å². The van der Waals surface area contributed by atoms with Crippen LogP contribution in [0.5, 0.6) is 11.5 Å². The third-order valence-electron chi connectivity index (χ3n) is 2.91. The van der Waals surface area contributed by atoms with E-state index in [1.165, 1.54) is 0 Å². The number of hydrogen-bond donors (Lipinski definition) is 2. The van der Waals surface area contributed by atoms with Gasteiger partial charge >= 0.3 is 0 Å². The predicted molar refractivity (Wildman–Crippen MR) is 64.6 cm³/mol. The van der Waals surface area contributed by atoms with Crippen LogP contribution in [0.4, 0.5) is 11.4 Å². The van der Waals surface area contributed by atoms with E-state index in [0.29, 0.717) is 11.4 Å². The van der Waals surface area contributed by atoms with Crippen LogP contribution in [0.25, 0.3) is 0 Å². The topological polar surface area (TPSA) is 61.3 Å². The second-order valence-electron chi connectivity index (χ2n) is 3.93. The molecule has 1 aliphatic rings. The van der Waals surface area contributed by atoms with Crippen LogP contribution in [-0.2, 0) is 6.42 Å². The van der Waals surface area contributed by atoms with Crippen molar-refractivity contribution < 1.29 is 4.74 Å². The summed E-state index contributed by atoms with van der Waals surface area (Å²) in [4.78, 5) is 0. The number of anilines is 2. The Bertz CT molecular complexity index is 564. The van der Waals surface area contributed by atoms with Crippen molar-refractivity contribution in [1.29, 1.82) is 0 Å². The standard InChI is InChI=1S/C13H12N2O/c14-10-5-6-12-9(13(10)15)7-8-3-1-2-4-11(8)16-12/h1-6H,7,14-15H2. The molecule has 3 rings (SSSR count). The molecular formula is C13H12N2O. The van der Waals surface area contributed by atoms with Crippen molar-refractivity contribution in [1.82, 2.24) is 0 Å². The van der Waals surface area contributed by atoms with E-state index in [-0.39, 0.29) is 0 Å². The molecule has 0 aliphatic carbocycles. The molecule has 1 heterocycles. The van der Waals surface area contributed by atoms with Crippen molar-refractivity contribution in [3.63, 3.8) is 0 Å². The second kappa shape index (κ2) is 3.17. The first kappa shape index (κ1) is 9.09. The van der Waals surface area contributed by atoms with Crippen LogP contribution in [0.15, 0.2) is 36.4 Å². The summed E-state index contributed by atoms with van der Waals surface area (Å²) < 4.78 is 5.78. The van der Waals surface area contributed by atoms with Gasteiger partial charge in [0, 0.05) is 12.0 Å². The van der Waals surface area contributed by atoms with Gasteiger partial charge in [0.1, 0.15) is 11.5 Å². The van der Waals surface area contributed by atoms with E-state index < -0.39 is 0 Å². The highest BCUT2D eigenvalue weighted by Crippen LogP contribution is 2.40. The molecule has 0 fully saturated rings. The van der Waals surface area contributed by atoms with Gasteiger partial charge in [0.05, 0.1) is 11.4 Å². The van der Waals surface area contributed by atoms with Gasteiger partial charge in [-0.2, -0.15) is 0 Å². The molecule has 3 heteroatoms. The molecule has 0 atom stereocenters. The number of para-hydroxylation sites is 1. The molecule has 0 unspecified atom stereocenters. The lowest BCUT2D eigenvalue weighted by atomic mass is 9.98. The molecule has 1 aliphatic heterocycles. The fraction of sp³-hybridized carbons (Fsp3) is 0.0769. The molecule has 0 saturated carbocycles. The molecule has 0 spiro atoms. The molecule has 0 aromatic heterocycles. The van der Waals surface area contributed by atoms with Crippen LogP contribution in [0.2, 0.25) is 0 Å². The second-order valence-corrected chi connectivity index (χ2v) is 3.93. The Kier molecular flexibility index (Phi) is 1.80. The van der Waals surface area contributed by atoms with E-state index in [2.05, 4.69) is 0 Å². The average molecular weight is 212 g/mol. The molecule has 0 amide bonds. The monoisotopic (exact) mass is 212 g/mol. The summed E-state index contributed by atoms with van der Waals surface area (Å²) in [7, 11) is 0. The molecule has 4 N–H and O–H groups in total. The molecule has 16 heavy (non-hydrogen) atoms. The Morgan fingerprint density at radius 1 is 0.938 bits per heavy atom. The highest BCUT2D eigenvalue weighted by atomic mass is 16.5. The number of nitrogen functional groups attached to an aromatic ring is 2.